The van der Waals surface area contributed by atoms with Crippen LogP contribution in [-0.4, -0.2) is 46.3 Å². The van der Waals surface area contributed by atoms with E-state index in [4.69, 9.17) is 23.2 Å². The van der Waals surface area contributed by atoms with Gasteiger partial charge in [-0.3, -0.25) is 10.2 Å². The normalized spacial score (nSPS) is 24.6. The molecule has 2 unspecified atom stereocenters. The maximum atomic E-state index is 14.0. The van der Waals surface area contributed by atoms with Crippen molar-refractivity contribution in [2.45, 2.75) is 12.6 Å². The van der Waals surface area contributed by atoms with E-state index >= 15 is 0 Å². The van der Waals surface area contributed by atoms with Gasteiger partial charge in [-0.15, -0.1) is 0 Å². The molecule has 3 aliphatic rings. The van der Waals surface area contributed by atoms with Crippen molar-refractivity contribution in [3.8, 4) is 5.75 Å². The van der Waals surface area contributed by atoms with Crippen molar-refractivity contribution in [2.75, 3.05) is 19.6 Å². The van der Waals surface area contributed by atoms with E-state index in [1.54, 1.807) is 4.90 Å². The Morgan fingerprint density at radius 3 is 2.82 bits per heavy atom. The lowest BCUT2D eigenvalue weighted by molar-refractivity contribution is -0.134. The number of aromatic hydroxyl groups is 1. The first-order valence-corrected chi connectivity index (χ1v) is 9.39. The molecule has 2 atom stereocenters. The maximum Gasteiger partial charge on any atom is 0.231 e. The highest BCUT2D eigenvalue weighted by Crippen LogP contribution is 2.37. The molecule has 1 aromatic rings. The third-order valence-corrected chi connectivity index (χ3v) is 5.81. The van der Waals surface area contributed by atoms with Gasteiger partial charge in [-0.25, -0.2) is 8.78 Å². The fourth-order valence-electron chi connectivity index (χ4n) is 3.57. The Labute approximate surface area is 169 Å². The summed E-state index contributed by atoms with van der Waals surface area (Å²) in [5.74, 6) is -1.98. The number of halogens is 4. The molecule has 1 amide bonds. The zero-order chi connectivity index (χ0) is 20.0. The summed E-state index contributed by atoms with van der Waals surface area (Å²) in [5, 5.41) is 14.0. The highest BCUT2D eigenvalue weighted by molar-refractivity contribution is 6.36. The number of piperazine rings is 1. The Morgan fingerprint density at radius 2 is 2.07 bits per heavy atom. The Bertz CT molecular complexity index is 934. The molecular formula is C18H16Cl2F2N4O2. The molecule has 2 heterocycles. The number of benzene rings is 1. The number of rotatable bonds is 2. The van der Waals surface area contributed by atoms with Gasteiger partial charge in [0.25, 0.3) is 0 Å². The number of carbonyl (C=O) groups is 1. The zero-order valence-electron chi connectivity index (χ0n) is 14.5. The van der Waals surface area contributed by atoms with Crippen LogP contribution in [0.15, 0.2) is 45.3 Å². The van der Waals surface area contributed by atoms with E-state index in [1.165, 1.54) is 18.2 Å². The Hall–Kier alpha value is -2.32. The number of amides is 1. The zero-order valence-corrected chi connectivity index (χ0v) is 16.0. The highest BCUT2D eigenvalue weighted by atomic mass is 35.5. The number of hydrogen-bond acceptors (Lipinski definition) is 5. The van der Waals surface area contributed by atoms with E-state index in [2.05, 4.69) is 10.5 Å². The monoisotopic (exact) mass is 428 g/mol. The lowest BCUT2D eigenvalue weighted by atomic mass is 9.97. The molecule has 4 rings (SSSR count). The molecule has 1 aliphatic carbocycles. The summed E-state index contributed by atoms with van der Waals surface area (Å²) in [7, 11) is 0. The van der Waals surface area contributed by atoms with Gasteiger partial charge >= 0.3 is 0 Å². The standard InChI is InChI=1S/C18H16Cl2F2N4O2/c19-12-4-3-11(15(20)16(12)22)18(28)25-5-6-26-14(8-25)23-24-17(26)10-2-1-9(21)7-13(10)27/h1-2,4,7,11,17,24,27H,3,5-6,8H2. The van der Waals surface area contributed by atoms with Crippen LogP contribution in [0.1, 0.15) is 18.2 Å². The minimum atomic E-state index is -0.803. The van der Waals surface area contributed by atoms with Crippen LogP contribution in [0, 0.1) is 11.7 Å². The summed E-state index contributed by atoms with van der Waals surface area (Å²) >= 11 is 11.7. The molecule has 1 saturated heterocycles. The number of phenolic OH excluding ortho intramolecular Hbond substituents is 1. The highest BCUT2D eigenvalue weighted by Gasteiger charge is 2.39. The van der Waals surface area contributed by atoms with Gasteiger partial charge in [0.2, 0.25) is 5.91 Å². The Balaban J connectivity index is 1.47. The largest absolute Gasteiger partial charge is 0.507 e. The van der Waals surface area contributed by atoms with Gasteiger partial charge in [-0.05, 0) is 18.6 Å². The number of allylic oxidation sites excluding steroid dienone is 3. The minimum absolute atomic E-state index is 0.0785. The summed E-state index contributed by atoms with van der Waals surface area (Å²) in [6.07, 6.45) is 1.23. The number of hydrazone groups is 1. The molecular weight excluding hydrogens is 413 g/mol. The van der Waals surface area contributed by atoms with Crippen LogP contribution in [0.2, 0.25) is 0 Å². The minimum Gasteiger partial charge on any atom is -0.507 e. The van der Waals surface area contributed by atoms with Crippen LogP contribution in [0.5, 0.6) is 5.75 Å². The van der Waals surface area contributed by atoms with Gasteiger partial charge < -0.3 is 14.9 Å². The first-order chi connectivity index (χ1) is 13.4. The molecule has 148 valence electrons. The summed E-state index contributed by atoms with van der Waals surface area (Å²) < 4.78 is 27.2. The van der Waals surface area contributed by atoms with Crippen LogP contribution in [0.4, 0.5) is 8.78 Å². The first kappa shape index (κ1) is 19.0. The Morgan fingerprint density at radius 1 is 1.29 bits per heavy atom. The predicted molar refractivity (Wildman–Crippen MR) is 101 cm³/mol. The second-order valence-corrected chi connectivity index (χ2v) is 7.53. The van der Waals surface area contributed by atoms with Gasteiger partial charge in [0.1, 0.15) is 23.6 Å². The third kappa shape index (κ3) is 3.20. The number of nitrogens with zero attached hydrogens (tertiary/aromatic N) is 3. The van der Waals surface area contributed by atoms with Crippen LogP contribution in [0.25, 0.3) is 0 Å². The van der Waals surface area contributed by atoms with E-state index in [-0.39, 0.29) is 34.7 Å². The van der Waals surface area contributed by atoms with Crippen LogP contribution in [-0.2, 0) is 4.79 Å². The lowest BCUT2D eigenvalue weighted by Crippen LogP contribution is -2.53. The average Bonchev–Trinajstić information content (AvgIpc) is 3.09. The van der Waals surface area contributed by atoms with E-state index in [9.17, 15) is 18.7 Å². The number of phenols is 1. The van der Waals surface area contributed by atoms with Crippen LogP contribution < -0.4 is 5.43 Å². The van der Waals surface area contributed by atoms with Crippen molar-refractivity contribution in [1.29, 1.82) is 0 Å². The molecule has 0 spiro atoms. The second-order valence-electron chi connectivity index (χ2n) is 6.72. The second kappa shape index (κ2) is 7.25. The summed E-state index contributed by atoms with van der Waals surface area (Å²) in [5.41, 5.74) is 3.39. The summed E-state index contributed by atoms with van der Waals surface area (Å²) in [4.78, 5) is 16.3. The third-order valence-electron chi connectivity index (χ3n) is 5.06. The quantitative estimate of drug-likeness (QED) is 0.758. The molecule has 0 aromatic heterocycles. The van der Waals surface area contributed by atoms with E-state index in [1.807, 2.05) is 4.90 Å². The first-order valence-electron chi connectivity index (χ1n) is 8.64. The molecule has 2 N–H and O–H groups in total. The Kier molecular flexibility index (Phi) is 4.93. The molecule has 0 bridgehead atoms. The number of nitrogens with one attached hydrogen (secondary N) is 1. The van der Waals surface area contributed by atoms with E-state index < -0.39 is 23.7 Å². The molecule has 0 saturated carbocycles. The summed E-state index contributed by atoms with van der Waals surface area (Å²) in [6, 6.07) is 3.79. The summed E-state index contributed by atoms with van der Waals surface area (Å²) in [6.45, 7) is 1.02. The van der Waals surface area contributed by atoms with Crippen molar-refractivity contribution < 1.29 is 18.7 Å². The van der Waals surface area contributed by atoms with Crippen molar-refractivity contribution >= 4 is 34.9 Å². The van der Waals surface area contributed by atoms with Gasteiger partial charge in [0.15, 0.2) is 5.83 Å². The smallest absolute Gasteiger partial charge is 0.231 e. The maximum absolute atomic E-state index is 14.0. The molecule has 10 heteroatoms. The van der Waals surface area contributed by atoms with Gasteiger partial charge in [-0.2, -0.15) is 5.10 Å². The number of fused-ring (bicyclic) bond motifs is 1. The SMILES string of the molecule is O=C(C1CC=C(Cl)C(F)=C1Cl)N1CCN2C(=NNC2c2ccc(F)cc2O)C1. The van der Waals surface area contributed by atoms with Crippen molar-refractivity contribution in [3.05, 3.63) is 51.5 Å². The lowest BCUT2D eigenvalue weighted by Gasteiger charge is -2.38. The fraction of sp³-hybridized carbons (Fsp3) is 0.333. The van der Waals surface area contributed by atoms with Crippen LogP contribution >= 0.6 is 23.2 Å². The van der Waals surface area contributed by atoms with Gasteiger partial charge in [0, 0.05) is 24.7 Å². The van der Waals surface area contributed by atoms with Gasteiger partial charge in [0.05, 0.1) is 22.5 Å². The van der Waals surface area contributed by atoms with E-state index in [0.29, 0.717) is 24.5 Å². The predicted octanol–water partition coefficient (Wildman–Crippen LogP) is 3.15. The van der Waals surface area contributed by atoms with Crippen molar-refractivity contribution in [1.82, 2.24) is 15.2 Å². The molecule has 1 aromatic carbocycles. The molecule has 1 fully saturated rings. The van der Waals surface area contributed by atoms with Crippen molar-refractivity contribution in [2.24, 2.45) is 11.0 Å². The fourth-order valence-corrected chi connectivity index (χ4v) is 4.09. The van der Waals surface area contributed by atoms with Crippen LogP contribution in [0.3, 0.4) is 0 Å². The average molecular weight is 429 g/mol. The van der Waals surface area contributed by atoms with E-state index in [0.717, 1.165) is 6.07 Å². The molecule has 0 radical (unpaired) electrons. The molecule has 6 nitrogen and oxygen atoms in total. The number of amidine groups is 1. The number of carbonyl (C=O) groups excluding carboxylic acids is 1. The molecule has 2 aliphatic heterocycles. The molecule has 28 heavy (non-hydrogen) atoms. The van der Waals surface area contributed by atoms with Crippen molar-refractivity contribution in [3.63, 3.8) is 0 Å². The van der Waals surface area contributed by atoms with Gasteiger partial charge in [-0.1, -0.05) is 29.3 Å². The topological polar surface area (TPSA) is 68.2 Å². The number of hydrogen-bond donors (Lipinski definition) is 2.